The highest BCUT2D eigenvalue weighted by Crippen LogP contribution is 2.25. The van der Waals surface area contributed by atoms with Crippen LogP contribution < -0.4 is 14.0 Å². The molecule has 2 aromatic carbocycles. The second-order valence-electron chi connectivity index (χ2n) is 9.40. The number of benzene rings is 2. The van der Waals surface area contributed by atoms with Crippen molar-refractivity contribution < 1.29 is 14.0 Å². The number of hydrogen-bond acceptors (Lipinski definition) is 2. The molecule has 3 heteroatoms. The second kappa shape index (κ2) is 11.2. The summed E-state index contributed by atoms with van der Waals surface area (Å²) in [5.74, 6) is 2.39. The number of methoxy groups -OCH3 is 2. The van der Waals surface area contributed by atoms with Crippen LogP contribution >= 0.6 is 0 Å². The summed E-state index contributed by atoms with van der Waals surface area (Å²) < 4.78 is 13.3. The van der Waals surface area contributed by atoms with E-state index in [0.29, 0.717) is 5.92 Å². The number of aromatic nitrogens is 1. The molecule has 0 bridgehead atoms. The molecule has 0 fully saturated rings. The minimum absolute atomic E-state index is 0.529. The molecule has 0 atom stereocenters. The van der Waals surface area contributed by atoms with Gasteiger partial charge in [-0.2, -0.15) is 4.57 Å². The third-order valence-electron chi connectivity index (χ3n) is 6.14. The fraction of sp³-hybridized carbons (Fsp3) is 0.323. The van der Waals surface area contributed by atoms with E-state index >= 15 is 0 Å². The summed E-state index contributed by atoms with van der Waals surface area (Å²) in [6, 6.07) is 15.1. The number of ether oxygens (including phenoxy) is 2. The first-order valence-corrected chi connectivity index (χ1v) is 11.9. The van der Waals surface area contributed by atoms with Crippen LogP contribution in [0.25, 0.3) is 24.3 Å². The molecule has 1 aromatic heterocycles. The van der Waals surface area contributed by atoms with Gasteiger partial charge in [-0.3, -0.25) is 0 Å². The van der Waals surface area contributed by atoms with E-state index in [2.05, 4.69) is 113 Å². The number of hydrogen-bond donors (Lipinski definition) is 0. The molecule has 1 heterocycles. The van der Waals surface area contributed by atoms with Gasteiger partial charge in [0.05, 0.1) is 14.2 Å². The summed E-state index contributed by atoms with van der Waals surface area (Å²) in [4.78, 5) is 0. The molecule has 34 heavy (non-hydrogen) atoms. The van der Waals surface area contributed by atoms with Crippen molar-refractivity contribution in [3.63, 3.8) is 0 Å². The molecular formula is C31H38NO2+. The molecule has 0 unspecified atom stereocenters. The maximum Gasteiger partial charge on any atom is 0.205 e. The fourth-order valence-electron chi connectivity index (χ4n) is 4.21. The highest BCUT2D eigenvalue weighted by Gasteiger charge is 2.15. The van der Waals surface area contributed by atoms with Gasteiger partial charge in [0, 0.05) is 30.2 Å². The number of pyridine rings is 1. The molecule has 0 aliphatic rings. The lowest BCUT2D eigenvalue weighted by Gasteiger charge is -2.10. The normalized spacial score (nSPS) is 11.7. The van der Waals surface area contributed by atoms with Crippen LogP contribution in [0.4, 0.5) is 0 Å². The van der Waals surface area contributed by atoms with E-state index in [4.69, 9.17) is 9.47 Å². The van der Waals surface area contributed by atoms with Gasteiger partial charge in [0.1, 0.15) is 11.5 Å². The third kappa shape index (κ3) is 5.96. The van der Waals surface area contributed by atoms with Gasteiger partial charge in [-0.15, -0.1) is 0 Å². The highest BCUT2D eigenvalue weighted by molar-refractivity contribution is 5.72. The zero-order valence-corrected chi connectivity index (χ0v) is 21.9. The minimum Gasteiger partial charge on any atom is -0.496 e. The molecule has 0 radical (unpaired) electrons. The van der Waals surface area contributed by atoms with Crippen molar-refractivity contribution in [2.45, 2.75) is 48.1 Å². The predicted octanol–water partition coefficient (Wildman–Crippen LogP) is 7.22. The summed E-state index contributed by atoms with van der Waals surface area (Å²) in [5.41, 5.74) is 9.48. The summed E-state index contributed by atoms with van der Waals surface area (Å²) >= 11 is 0. The summed E-state index contributed by atoms with van der Waals surface area (Å²) in [6.45, 7) is 13.9. The number of rotatable bonds is 8. The van der Waals surface area contributed by atoms with Gasteiger partial charge in [-0.05, 0) is 104 Å². The first-order valence-electron chi connectivity index (χ1n) is 11.9. The first kappa shape index (κ1) is 25.3. The van der Waals surface area contributed by atoms with Crippen molar-refractivity contribution in [3.05, 3.63) is 87.2 Å². The molecule has 0 spiro atoms. The third-order valence-corrected chi connectivity index (χ3v) is 6.14. The monoisotopic (exact) mass is 456 g/mol. The Kier molecular flexibility index (Phi) is 8.33. The van der Waals surface area contributed by atoms with Crippen LogP contribution in [0, 0.1) is 33.6 Å². The average molecular weight is 457 g/mol. The van der Waals surface area contributed by atoms with Crippen LogP contribution in [-0.4, -0.2) is 14.2 Å². The van der Waals surface area contributed by atoms with Crippen molar-refractivity contribution in [2.24, 2.45) is 5.92 Å². The maximum atomic E-state index is 5.47. The molecule has 0 aliphatic heterocycles. The van der Waals surface area contributed by atoms with Crippen LogP contribution in [0.1, 0.15) is 58.6 Å². The van der Waals surface area contributed by atoms with E-state index in [1.165, 1.54) is 33.6 Å². The SMILES string of the molecule is COc1cc(C)c(/C=C/c2cccc(/C=C/c3cc(C)c(OC)cc3C)[n+]2CC(C)C)cc1C. The Morgan fingerprint density at radius 3 is 1.50 bits per heavy atom. The number of aryl methyl sites for hydroxylation is 4. The summed E-state index contributed by atoms with van der Waals surface area (Å²) in [6.07, 6.45) is 8.85. The van der Waals surface area contributed by atoms with Gasteiger partial charge in [0.25, 0.3) is 0 Å². The number of nitrogens with zero attached hydrogens (tertiary/aromatic N) is 1. The first-order chi connectivity index (χ1) is 16.2. The Labute approximate surface area is 205 Å². The summed E-state index contributed by atoms with van der Waals surface area (Å²) in [7, 11) is 3.44. The van der Waals surface area contributed by atoms with Crippen molar-refractivity contribution >= 4 is 24.3 Å². The van der Waals surface area contributed by atoms with Gasteiger partial charge in [-0.1, -0.05) is 13.8 Å². The lowest BCUT2D eigenvalue weighted by atomic mass is 10.0. The smallest absolute Gasteiger partial charge is 0.205 e. The van der Waals surface area contributed by atoms with E-state index in [1.54, 1.807) is 14.2 Å². The Morgan fingerprint density at radius 1 is 0.676 bits per heavy atom. The molecular weight excluding hydrogens is 418 g/mol. The van der Waals surface area contributed by atoms with E-state index in [0.717, 1.165) is 29.2 Å². The van der Waals surface area contributed by atoms with E-state index in [9.17, 15) is 0 Å². The highest BCUT2D eigenvalue weighted by atomic mass is 16.5. The molecule has 3 nitrogen and oxygen atoms in total. The van der Waals surface area contributed by atoms with Crippen molar-refractivity contribution in [1.29, 1.82) is 0 Å². The largest absolute Gasteiger partial charge is 0.496 e. The molecule has 0 aliphatic carbocycles. The van der Waals surface area contributed by atoms with Crippen LogP contribution in [0.2, 0.25) is 0 Å². The fourth-order valence-corrected chi connectivity index (χ4v) is 4.21. The molecule has 3 rings (SSSR count). The zero-order chi connectivity index (χ0) is 24.8. The van der Waals surface area contributed by atoms with E-state index in [-0.39, 0.29) is 0 Å². The maximum absolute atomic E-state index is 5.47. The Hall–Kier alpha value is -3.33. The Morgan fingerprint density at radius 2 is 1.12 bits per heavy atom. The van der Waals surface area contributed by atoms with Crippen LogP contribution in [0.5, 0.6) is 11.5 Å². The predicted molar refractivity (Wildman–Crippen MR) is 144 cm³/mol. The van der Waals surface area contributed by atoms with Gasteiger partial charge in [-0.25, -0.2) is 0 Å². The molecule has 0 saturated heterocycles. The second-order valence-corrected chi connectivity index (χ2v) is 9.40. The topological polar surface area (TPSA) is 22.3 Å². The zero-order valence-electron chi connectivity index (χ0n) is 21.9. The lowest BCUT2D eigenvalue weighted by molar-refractivity contribution is -0.705. The van der Waals surface area contributed by atoms with Crippen molar-refractivity contribution in [2.75, 3.05) is 14.2 Å². The Balaban J connectivity index is 2.00. The van der Waals surface area contributed by atoms with Crippen molar-refractivity contribution in [1.82, 2.24) is 0 Å². The van der Waals surface area contributed by atoms with Gasteiger partial charge < -0.3 is 9.47 Å². The molecule has 3 aromatic rings. The van der Waals surface area contributed by atoms with Gasteiger partial charge in [0.15, 0.2) is 6.54 Å². The van der Waals surface area contributed by atoms with Crippen molar-refractivity contribution in [3.8, 4) is 11.5 Å². The van der Waals surface area contributed by atoms with Crippen LogP contribution in [0.3, 0.4) is 0 Å². The quantitative estimate of drug-likeness (QED) is 0.334. The van der Waals surface area contributed by atoms with Crippen LogP contribution in [0.15, 0.2) is 42.5 Å². The van der Waals surface area contributed by atoms with E-state index in [1.807, 2.05) is 0 Å². The van der Waals surface area contributed by atoms with Crippen LogP contribution in [-0.2, 0) is 6.54 Å². The lowest BCUT2D eigenvalue weighted by Crippen LogP contribution is -2.42. The molecule has 0 N–H and O–H groups in total. The molecule has 0 amide bonds. The van der Waals surface area contributed by atoms with Gasteiger partial charge in [0.2, 0.25) is 11.4 Å². The van der Waals surface area contributed by atoms with Gasteiger partial charge >= 0.3 is 0 Å². The molecule has 0 saturated carbocycles. The Bertz CT molecular complexity index is 1130. The minimum atomic E-state index is 0.529. The standard InChI is InChI=1S/C31H38NO2/c1-21(2)20-32-28(14-12-26-16-24(5)30(33-7)18-22(26)3)10-9-11-29(32)15-13-27-17-25(6)31(34-8)19-23(27)4/h9-19,21H,20H2,1-8H3/q+1/b14-12+,15-13+. The van der Waals surface area contributed by atoms with E-state index < -0.39 is 0 Å². The average Bonchev–Trinajstić information content (AvgIpc) is 2.80. The molecule has 178 valence electrons. The summed E-state index contributed by atoms with van der Waals surface area (Å²) in [5, 5.41) is 0.